The lowest BCUT2D eigenvalue weighted by atomic mass is 9.95. The molecule has 0 aromatic carbocycles. The number of carboxylic acids is 1. The van der Waals surface area contributed by atoms with E-state index in [9.17, 15) is 14.7 Å². The van der Waals surface area contributed by atoms with E-state index in [1.165, 1.54) is 0 Å². The van der Waals surface area contributed by atoms with E-state index in [0.29, 0.717) is 18.7 Å². The number of amides is 2. The maximum Gasteiger partial charge on any atom is 0.320 e. The first-order valence-electron chi connectivity index (χ1n) is 6.86. The van der Waals surface area contributed by atoms with E-state index in [0.717, 1.165) is 19.3 Å². The molecule has 0 saturated heterocycles. The zero-order valence-electron chi connectivity index (χ0n) is 11.5. The Bertz CT molecular complexity index is 486. The van der Waals surface area contributed by atoms with Crippen molar-refractivity contribution in [2.75, 3.05) is 5.32 Å². The number of aryl methyl sites for hydroxylation is 1. The first kappa shape index (κ1) is 14.4. The van der Waals surface area contributed by atoms with Gasteiger partial charge in [0, 0.05) is 25.4 Å². The van der Waals surface area contributed by atoms with Gasteiger partial charge in [0.15, 0.2) is 5.82 Å². The molecule has 0 aliphatic heterocycles. The predicted octanol–water partition coefficient (Wildman–Crippen LogP) is 1.58. The van der Waals surface area contributed by atoms with Crippen LogP contribution in [0.5, 0.6) is 0 Å². The maximum absolute atomic E-state index is 11.9. The van der Waals surface area contributed by atoms with Crippen molar-refractivity contribution in [2.24, 2.45) is 13.0 Å². The van der Waals surface area contributed by atoms with Crippen molar-refractivity contribution in [3.8, 4) is 0 Å². The minimum Gasteiger partial charge on any atom is -0.481 e. The Kier molecular flexibility index (Phi) is 4.60. The molecule has 7 nitrogen and oxygen atoms in total. The van der Waals surface area contributed by atoms with Gasteiger partial charge in [-0.05, 0) is 12.8 Å². The molecule has 1 aliphatic carbocycles. The van der Waals surface area contributed by atoms with E-state index >= 15 is 0 Å². The molecule has 1 saturated carbocycles. The lowest BCUT2D eigenvalue weighted by molar-refractivity contribution is -0.142. The molecular formula is C13H20N4O3. The Morgan fingerprint density at radius 2 is 2.10 bits per heavy atom. The van der Waals surface area contributed by atoms with Gasteiger partial charge >= 0.3 is 12.0 Å². The quantitative estimate of drug-likeness (QED) is 0.732. The van der Waals surface area contributed by atoms with E-state index in [-0.39, 0.29) is 6.04 Å². The van der Waals surface area contributed by atoms with Crippen LogP contribution in [0.4, 0.5) is 10.6 Å². The van der Waals surface area contributed by atoms with Crippen LogP contribution in [-0.4, -0.2) is 32.9 Å². The fourth-order valence-electron chi connectivity index (χ4n) is 2.58. The summed E-state index contributed by atoms with van der Waals surface area (Å²) in [6, 6.07) is 0.960. The molecule has 2 unspecified atom stereocenters. The molecule has 20 heavy (non-hydrogen) atoms. The van der Waals surface area contributed by atoms with Crippen LogP contribution in [0, 0.1) is 5.92 Å². The molecule has 0 radical (unpaired) electrons. The Morgan fingerprint density at radius 1 is 1.35 bits per heavy atom. The summed E-state index contributed by atoms with van der Waals surface area (Å²) in [7, 11) is 1.76. The monoisotopic (exact) mass is 280 g/mol. The predicted molar refractivity (Wildman–Crippen MR) is 73.4 cm³/mol. The standard InChI is InChI=1S/C13H20N4O3/c1-17-8-7-11(16-17)15-13(20)14-10-6-4-2-3-5-9(10)12(18)19/h7-10H,2-6H2,1H3,(H,18,19)(H2,14,15,16,20). The lowest BCUT2D eigenvalue weighted by Crippen LogP contribution is -2.44. The molecule has 3 N–H and O–H groups in total. The lowest BCUT2D eigenvalue weighted by Gasteiger charge is -2.22. The van der Waals surface area contributed by atoms with Gasteiger partial charge in [0.25, 0.3) is 0 Å². The molecule has 2 atom stereocenters. The van der Waals surface area contributed by atoms with Gasteiger partial charge in [-0.1, -0.05) is 19.3 Å². The van der Waals surface area contributed by atoms with Crippen LogP contribution in [0.3, 0.4) is 0 Å². The van der Waals surface area contributed by atoms with Crippen LogP contribution in [0.2, 0.25) is 0 Å². The summed E-state index contributed by atoms with van der Waals surface area (Å²) in [6.45, 7) is 0. The molecule has 1 heterocycles. The number of rotatable bonds is 3. The fourth-order valence-corrected chi connectivity index (χ4v) is 2.58. The molecule has 7 heteroatoms. The van der Waals surface area contributed by atoms with Gasteiger partial charge in [0.1, 0.15) is 0 Å². The van der Waals surface area contributed by atoms with Crippen molar-refractivity contribution >= 4 is 17.8 Å². The number of aliphatic carboxylic acids is 1. The first-order chi connectivity index (χ1) is 9.56. The molecule has 110 valence electrons. The minimum atomic E-state index is -0.838. The second-order valence-electron chi connectivity index (χ2n) is 5.16. The summed E-state index contributed by atoms with van der Waals surface area (Å²) in [5, 5.41) is 18.7. The topological polar surface area (TPSA) is 96.2 Å². The number of urea groups is 1. The van der Waals surface area contributed by atoms with Gasteiger partial charge in [0.2, 0.25) is 0 Å². The molecular weight excluding hydrogens is 260 g/mol. The van der Waals surface area contributed by atoms with Crippen LogP contribution >= 0.6 is 0 Å². The Labute approximate surface area is 117 Å². The molecule has 0 bridgehead atoms. The number of carboxylic acid groups (broad SMARTS) is 1. The SMILES string of the molecule is Cn1ccc(NC(=O)NC2CCCCCC2C(=O)O)n1. The number of carbonyl (C=O) groups excluding carboxylic acids is 1. The Hall–Kier alpha value is -2.05. The van der Waals surface area contributed by atoms with Crippen molar-refractivity contribution in [3.63, 3.8) is 0 Å². The highest BCUT2D eigenvalue weighted by atomic mass is 16.4. The van der Waals surface area contributed by atoms with Crippen molar-refractivity contribution in [2.45, 2.75) is 38.1 Å². The molecule has 0 spiro atoms. The summed E-state index contributed by atoms with van der Waals surface area (Å²) in [5.74, 6) is -0.896. The highest BCUT2D eigenvalue weighted by Crippen LogP contribution is 2.23. The van der Waals surface area contributed by atoms with Crippen molar-refractivity contribution in [1.29, 1.82) is 0 Å². The Balaban J connectivity index is 1.95. The van der Waals surface area contributed by atoms with E-state index in [1.54, 1.807) is 24.0 Å². The van der Waals surface area contributed by atoms with Crippen molar-refractivity contribution in [3.05, 3.63) is 12.3 Å². The zero-order chi connectivity index (χ0) is 14.5. The number of hydrogen-bond donors (Lipinski definition) is 3. The van der Waals surface area contributed by atoms with Gasteiger partial charge in [-0.2, -0.15) is 5.10 Å². The molecule has 2 amide bonds. The molecule has 1 aromatic rings. The van der Waals surface area contributed by atoms with Crippen LogP contribution in [0.15, 0.2) is 12.3 Å². The third kappa shape index (κ3) is 3.72. The number of anilines is 1. The highest BCUT2D eigenvalue weighted by Gasteiger charge is 2.30. The first-order valence-corrected chi connectivity index (χ1v) is 6.86. The van der Waals surface area contributed by atoms with Crippen molar-refractivity contribution < 1.29 is 14.7 Å². The average Bonchev–Trinajstić information content (AvgIpc) is 2.64. The average molecular weight is 280 g/mol. The van der Waals surface area contributed by atoms with Crippen LogP contribution in [0.1, 0.15) is 32.1 Å². The van der Waals surface area contributed by atoms with Gasteiger partial charge in [0.05, 0.1) is 5.92 Å². The number of carbonyl (C=O) groups is 2. The maximum atomic E-state index is 11.9. The van der Waals surface area contributed by atoms with Crippen LogP contribution < -0.4 is 10.6 Å². The second kappa shape index (κ2) is 6.40. The van der Waals surface area contributed by atoms with Gasteiger partial charge in [-0.15, -0.1) is 0 Å². The molecule has 1 aromatic heterocycles. The van der Waals surface area contributed by atoms with Gasteiger partial charge in [-0.25, -0.2) is 4.79 Å². The summed E-state index contributed by atoms with van der Waals surface area (Å²) in [5.41, 5.74) is 0. The van der Waals surface area contributed by atoms with Gasteiger partial charge < -0.3 is 10.4 Å². The van der Waals surface area contributed by atoms with Gasteiger partial charge in [-0.3, -0.25) is 14.8 Å². The third-order valence-electron chi connectivity index (χ3n) is 3.60. The summed E-state index contributed by atoms with van der Waals surface area (Å²) >= 11 is 0. The normalized spacial score (nSPS) is 22.9. The largest absolute Gasteiger partial charge is 0.481 e. The van der Waals surface area contributed by atoms with E-state index in [1.807, 2.05) is 0 Å². The molecule has 2 rings (SSSR count). The number of hydrogen-bond acceptors (Lipinski definition) is 3. The minimum absolute atomic E-state index is 0.321. The summed E-state index contributed by atoms with van der Waals surface area (Å²) in [6.07, 6.45) is 5.90. The fraction of sp³-hybridized carbons (Fsp3) is 0.615. The number of aromatic nitrogens is 2. The zero-order valence-corrected chi connectivity index (χ0v) is 11.5. The van der Waals surface area contributed by atoms with Crippen molar-refractivity contribution in [1.82, 2.24) is 15.1 Å². The molecule has 1 aliphatic rings. The number of nitrogens with one attached hydrogen (secondary N) is 2. The molecule has 1 fully saturated rings. The van der Waals surface area contributed by atoms with E-state index in [4.69, 9.17) is 0 Å². The van der Waals surface area contributed by atoms with E-state index in [2.05, 4.69) is 15.7 Å². The highest BCUT2D eigenvalue weighted by molar-refractivity contribution is 5.88. The third-order valence-corrected chi connectivity index (χ3v) is 3.60. The number of nitrogens with zero attached hydrogens (tertiary/aromatic N) is 2. The second-order valence-corrected chi connectivity index (χ2v) is 5.16. The smallest absolute Gasteiger partial charge is 0.320 e. The Morgan fingerprint density at radius 3 is 2.75 bits per heavy atom. The van der Waals surface area contributed by atoms with Crippen LogP contribution in [-0.2, 0) is 11.8 Å². The van der Waals surface area contributed by atoms with E-state index < -0.39 is 17.9 Å². The summed E-state index contributed by atoms with van der Waals surface area (Å²) in [4.78, 5) is 23.2. The van der Waals surface area contributed by atoms with Crippen LogP contribution in [0.25, 0.3) is 0 Å². The summed E-state index contributed by atoms with van der Waals surface area (Å²) < 4.78 is 1.58.